The molecule has 2 aliphatic heterocycles. The number of aromatic nitrogens is 1. The van der Waals surface area contributed by atoms with Gasteiger partial charge in [0.05, 0.1) is 29.4 Å². The summed E-state index contributed by atoms with van der Waals surface area (Å²) >= 11 is 5.56. The lowest BCUT2D eigenvalue weighted by molar-refractivity contribution is 0.226. The van der Waals surface area contributed by atoms with Crippen molar-refractivity contribution in [2.24, 2.45) is 4.99 Å². The van der Waals surface area contributed by atoms with Gasteiger partial charge in [-0.2, -0.15) is 0 Å². The van der Waals surface area contributed by atoms with E-state index < -0.39 is 0 Å². The van der Waals surface area contributed by atoms with Crippen molar-refractivity contribution in [1.82, 2.24) is 9.88 Å². The molecule has 0 amide bonds. The lowest BCUT2D eigenvalue weighted by atomic mass is 9.95. The smallest absolute Gasteiger partial charge is 0.175 e. The standard InChI is InChI=1S/C22H26BrN3O2S/c1-5-15-12-29-22-25-19(17-8-6-7-9-24-17)20(26(15)22)14-10-16(23)21(28-13(2)3)18(11-14)27-4/h6-11,13,15,19-20H,5,12H2,1-4H3/t15-,19+,20+/m0/s1. The third kappa shape index (κ3) is 3.87. The van der Waals surface area contributed by atoms with Gasteiger partial charge in [-0.15, -0.1) is 0 Å². The van der Waals surface area contributed by atoms with E-state index in [-0.39, 0.29) is 18.2 Å². The van der Waals surface area contributed by atoms with Crippen LogP contribution in [0.1, 0.15) is 50.5 Å². The number of rotatable bonds is 6. The van der Waals surface area contributed by atoms with Crippen molar-refractivity contribution >= 4 is 32.9 Å². The highest BCUT2D eigenvalue weighted by Gasteiger charge is 2.45. The van der Waals surface area contributed by atoms with Crippen LogP contribution < -0.4 is 9.47 Å². The molecule has 1 fully saturated rings. The molecule has 7 heteroatoms. The fraction of sp³-hybridized carbons (Fsp3) is 0.455. The molecule has 0 spiro atoms. The summed E-state index contributed by atoms with van der Waals surface area (Å²) in [6, 6.07) is 10.8. The van der Waals surface area contributed by atoms with Crippen LogP contribution in [0.15, 0.2) is 46.0 Å². The molecule has 0 aliphatic carbocycles. The topological polar surface area (TPSA) is 47.0 Å². The van der Waals surface area contributed by atoms with Crippen LogP contribution in [-0.2, 0) is 0 Å². The van der Waals surface area contributed by atoms with E-state index in [9.17, 15) is 0 Å². The molecular weight excluding hydrogens is 450 g/mol. The van der Waals surface area contributed by atoms with Gasteiger partial charge in [-0.05, 0) is 66.0 Å². The highest BCUT2D eigenvalue weighted by Crippen LogP contribution is 2.50. The molecule has 0 radical (unpaired) electrons. The number of pyridine rings is 1. The average molecular weight is 476 g/mol. The van der Waals surface area contributed by atoms with Crippen molar-refractivity contribution in [3.05, 3.63) is 52.3 Å². The third-order valence-corrected chi connectivity index (χ3v) is 6.99. The van der Waals surface area contributed by atoms with Crippen LogP contribution >= 0.6 is 27.7 Å². The van der Waals surface area contributed by atoms with Crippen LogP contribution in [0.3, 0.4) is 0 Å². The van der Waals surface area contributed by atoms with Gasteiger partial charge in [-0.25, -0.2) is 0 Å². The maximum absolute atomic E-state index is 5.99. The molecule has 154 valence electrons. The number of ether oxygens (including phenoxy) is 2. The minimum absolute atomic E-state index is 0.0403. The normalized spacial score (nSPS) is 23.3. The molecule has 1 aromatic heterocycles. The highest BCUT2D eigenvalue weighted by atomic mass is 79.9. The first-order chi connectivity index (χ1) is 14.0. The molecule has 2 aliphatic rings. The van der Waals surface area contributed by atoms with Gasteiger partial charge in [0.1, 0.15) is 6.04 Å². The molecule has 0 saturated carbocycles. The predicted octanol–water partition coefficient (Wildman–Crippen LogP) is 5.62. The zero-order valence-electron chi connectivity index (χ0n) is 17.1. The Balaban J connectivity index is 1.80. The number of amidine groups is 1. The Bertz CT molecular complexity index is 906. The molecule has 3 atom stereocenters. The van der Waals surface area contributed by atoms with E-state index in [0.29, 0.717) is 6.04 Å². The summed E-state index contributed by atoms with van der Waals surface area (Å²) in [6.07, 6.45) is 2.99. The van der Waals surface area contributed by atoms with E-state index in [4.69, 9.17) is 14.5 Å². The number of nitrogens with zero attached hydrogens (tertiary/aromatic N) is 3. The van der Waals surface area contributed by atoms with E-state index in [1.54, 1.807) is 7.11 Å². The van der Waals surface area contributed by atoms with E-state index in [0.717, 1.165) is 44.6 Å². The van der Waals surface area contributed by atoms with Crippen LogP contribution in [-0.4, -0.2) is 40.1 Å². The van der Waals surface area contributed by atoms with E-state index in [2.05, 4.69) is 50.9 Å². The molecule has 1 aromatic carbocycles. The van der Waals surface area contributed by atoms with Crippen molar-refractivity contribution in [2.75, 3.05) is 12.9 Å². The molecule has 1 saturated heterocycles. The maximum atomic E-state index is 5.99. The predicted molar refractivity (Wildman–Crippen MR) is 122 cm³/mol. The molecule has 4 rings (SSSR count). The molecule has 2 aromatic rings. The van der Waals surface area contributed by atoms with Crippen molar-refractivity contribution < 1.29 is 9.47 Å². The maximum Gasteiger partial charge on any atom is 0.175 e. The number of fused-ring (bicyclic) bond motifs is 1. The van der Waals surface area contributed by atoms with Gasteiger partial charge in [0.15, 0.2) is 16.7 Å². The zero-order valence-corrected chi connectivity index (χ0v) is 19.5. The number of thioether (sulfide) groups is 1. The summed E-state index contributed by atoms with van der Waals surface area (Å²) in [6.45, 7) is 6.28. The Morgan fingerprint density at radius 1 is 1.31 bits per heavy atom. The first-order valence-corrected chi connectivity index (χ1v) is 11.7. The van der Waals surface area contributed by atoms with Gasteiger partial charge < -0.3 is 14.4 Å². The van der Waals surface area contributed by atoms with Gasteiger partial charge in [-0.3, -0.25) is 9.98 Å². The van der Waals surface area contributed by atoms with Crippen molar-refractivity contribution in [2.45, 2.75) is 51.4 Å². The largest absolute Gasteiger partial charge is 0.493 e. The van der Waals surface area contributed by atoms with Gasteiger partial charge >= 0.3 is 0 Å². The molecule has 0 bridgehead atoms. The van der Waals surface area contributed by atoms with E-state index in [1.165, 1.54) is 0 Å². The van der Waals surface area contributed by atoms with Crippen LogP contribution in [0.25, 0.3) is 0 Å². The average Bonchev–Trinajstić information content (AvgIpc) is 3.28. The monoisotopic (exact) mass is 475 g/mol. The lowest BCUT2D eigenvalue weighted by Crippen LogP contribution is -2.35. The first-order valence-electron chi connectivity index (χ1n) is 9.97. The van der Waals surface area contributed by atoms with Crippen LogP contribution in [0.5, 0.6) is 11.5 Å². The number of aliphatic imine (C=N–C) groups is 1. The summed E-state index contributed by atoms with van der Waals surface area (Å²) in [4.78, 5) is 12.2. The second-order valence-electron chi connectivity index (χ2n) is 7.54. The quantitative estimate of drug-likeness (QED) is 0.542. The molecule has 29 heavy (non-hydrogen) atoms. The number of methoxy groups -OCH3 is 1. The first kappa shape index (κ1) is 20.5. The Morgan fingerprint density at radius 3 is 2.79 bits per heavy atom. The van der Waals surface area contributed by atoms with Gasteiger partial charge in [0.2, 0.25) is 0 Å². The van der Waals surface area contributed by atoms with Crippen molar-refractivity contribution in [1.29, 1.82) is 0 Å². The molecular formula is C22H26BrN3O2S. The number of hydrogen-bond acceptors (Lipinski definition) is 6. The number of benzene rings is 1. The number of hydrogen-bond donors (Lipinski definition) is 0. The van der Waals surface area contributed by atoms with Crippen LogP contribution in [0.4, 0.5) is 0 Å². The zero-order chi connectivity index (χ0) is 20.5. The van der Waals surface area contributed by atoms with Gasteiger partial charge in [0, 0.05) is 18.0 Å². The summed E-state index contributed by atoms with van der Waals surface area (Å²) < 4.78 is 12.6. The summed E-state index contributed by atoms with van der Waals surface area (Å²) in [5, 5.41) is 1.12. The Morgan fingerprint density at radius 2 is 2.14 bits per heavy atom. The van der Waals surface area contributed by atoms with Gasteiger partial charge in [-0.1, -0.05) is 24.8 Å². The van der Waals surface area contributed by atoms with Crippen molar-refractivity contribution in [3.63, 3.8) is 0 Å². The fourth-order valence-corrected chi connectivity index (χ4v) is 5.86. The second kappa shape index (κ2) is 8.56. The highest BCUT2D eigenvalue weighted by molar-refractivity contribution is 9.10. The lowest BCUT2D eigenvalue weighted by Gasteiger charge is -2.32. The Kier molecular flexibility index (Phi) is 6.06. The van der Waals surface area contributed by atoms with Gasteiger partial charge in [0.25, 0.3) is 0 Å². The SMILES string of the molecule is CC[C@H]1CSC2=N[C@H](c3ccccn3)[C@@H](c3cc(Br)c(OC(C)C)c(OC)c3)N21. The van der Waals surface area contributed by atoms with Crippen LogP contribution in [0, 0.1) is 0 Å². The minimum Gasteiger partial charge on any atom is -0.493 e. The number of halogens is 1. The summed E-state index contributed by atoms with van der Waals surface area (Å²) in [5.74, 6) is 2.55. The molecule has 3 heterocycles. The minimum atomic E-state index is -0.0403. The third-order valence-electron chi connectivity index (χ3n) is 5.28. The van der Waals surface area contributed by atoms with E-state index >= 15 is 0 Å². The Hall–Kier alpha value is -1.73. The van der Waals surface area contributed by atoms with E-state index in [1.807, 2.05) is 43.9 Å². The molecule has 0 unspecified atom stereocenters. The Labute approximate surface area is 185 Å². The molecule has 0 N–H and O–H groups in total. The summed E-state index contributed by atoms with van der Waals surface area (Å²) in [5.41, 5.74) is 2.15. The summed E-state index contributed by atoms with van der Waals surface area (Å²) in [7, 11) is 1.69. The molecule has 5 nitrogen and oxygen atoms in total. The van der Waals surface area contributed by atoms with Crippen LogP contribution in [0.2, 0.25) is 0 Å². The second-order valence-corrected chi connectivity index (χ2v) is 9.38. The fourth-order valence-electron chi connectivity index (χ4n) is 3.97. The van der Waals surface area contributed by atoms with Crippen molar-refractivity contribution in [3.8, 4) is 11.5 Å².